The first-order valence-corrected chi connectivity index (χ1v) is 11.6. The van der Waals surface area contributed by atoms with E-state index in [1.807, 2.05) is 72.8 Å². The number of nitrogens with two attached hydrogens (primary N) is 1. The number of carbonyl (C=O) groups excluding carboxylic acids is 3. The Morgan fingerprint density at radius 2 is 1.71 bits per heavy atom. The molecule has 3 aromatic carbocycles. The summed E-state index contributed by atoms with van der Waals surface area (Å²) < 4.78 is 0. The van der Waals surface area contributed by atoms with Crippen LogP contribution in [0.15, 0.2) is 72.8 Å². The predicted octanol–water partition coefficient (Wildman–Crippen LogP) is 2.84. The van der Waals surface area contributed by atoms with Crippen LogP contribution in [-0.4, -0.2) is 47.3 Å². The Kier molecular flexibility index (Phi) is 7.23. The van der Waals surface area contributed by atoms with Crippen molar-refractivity contribution in [1.29, 1.82) is 0 Å². The van der Waals surface area contributed by atoms with Crippen molar-refractivity contribution in [2.24, 2.45) is 5.73 Å². The summed E-state index contributed by atoms with van der Waals surface area (Å²) in [6.07, 6.45) is 1.61. The number of fused-ring (bicyclic) bond motifs is 1. The summed E-state index contributed by atoms with van der Waals surface area (Å²) in [5, 5.41) is 7.94. The summed E-state index contributed by atoms with van der Waals surface area (Å²) in [5.74, 6) is -0.894. The van der Waals surface area contributed by atoms with Gasteiger partial charge >= 0.3 is 0 Å². The SMILES string of the molecule is C[C@H](N)C(=O)N1CCC[C@H]1C(=O)N[C@@H](Cc1ccccc1)C(=O)Nc1ccc2ccccc2c1. The van der Waals surface area contributed by atoms with Crippen molar-refractivity contribution in [2.45, 2.75) is 44.3 Å². The van der Waals surface area contributed by atoms with Crippen molar-refractivity contribution in [3.63, 3.8) is 0 Å². The zero-order valence-electron chi connectivity index (χ0n) is 19.2. The molecular formula is C27H30N4O3. The van der Waals surface area contributed by atoms with Gasteiger partial charge in [-0.15, -0.1) is 0 Å². The third-order valence-electron chi connectivity index (χ3n) is 6.16. The van der Waals surface area contributed by atoms with Crippen LogP contribution in [0.1, 0.15) is 25.3 Å². The van der Waals surface area contributed by atoms with Crippen molar-refractivity contribution in [3.05, 3.63) is 78.4 Å². The third kappa shape index (κ3) is 5.43. The van der Waals surface area contributed by atoms with Crippen molar-refractivity contribution in [3.8, 4) is 0 Å². The molecule has 34 heavy (non-hydrogen) atoms. The smallest absolute Gasteiger partial charge is 0.247 e. The quantitative estimate of drug-likeness (QED) is 0.506. The number of hydrogen-bond acceptors (Lipinski definition) is 4. The fourth-order valence-electron chi connectivity index (χ4n) is 4.39. The predicted molar refractivity (Wildman–Crippen MR) is 133 cm³/mol. The van der Waals surface area contributed by atoms with E-state index in [2.05, 4.69) is 10.6 Å². The van der Waals surface area contributed by atoms with E-state index >= 15 is 0 Å². The molecule has 0 bridgehead atoms. The van der Waals surface area contributed by atoms with Crippen molar-refractivity contribution in [2.75, 3.05) is 11.9 Å². The van der Waals surface area contributed by atoms with Gasteiger partial charge in [0.15, 0.2) is 0 Å². The highest BCUT2D eigenvalue weighted by Crippen LogP contribution is 2.21. The first kappa shape index (κ1) is 23.4. The average Bonchev–Trinajstić information content (AvgIpc) is 3.33. The minimum absolute atomic E-state index is 0.252. The number of carbonyl (C=O) groups is 3. The number of rotatable bonds is 7. The lowest BCUT2D eigenvalue weighted by Crippen LogP contribution is -2.54. The second-order valence-corrected chi connectivity index (χ2v) is 8.78. The zero-order valence-corrected chi connectivity index (χ0v) is 19.2. The molecule has 1 aliphatic heterocycles. The highest BCUT2D eigenvalue weighted by Gasteiger charge is 2.36. The van der Waals surface area contributed by atoms with Gasteiger partial charge in [0.05, 0.1) is 6.04 Å². The minimum Gasteiger partial charge on any atom is -0.342 e. The van der Waals surface area contributed by atoms with E-state index < -0.39 is 18.1 Å². The van der Waals surface area contributed by atoms with E-state index in [1.165, 1.54) is 4.90 Å². The van der Waals surface area contributed by atoms with E-state index in [4.69, 9.17) is 5.73 Å². The number of likely N-dealkylation sites (tertiary alicyclic amines) is 1. The lowest BCUT2D eigenvalue weighted by atomic mass is 10.0. The Balaban J connectivity index is 1.52. The second kappa shape index (κ2) is 10.5. The van der Waals surface area contributed by atoms with Crippen LogP contribution in [0.5, 0.6) is 0 Å². The van der Waals surface area contributed by atoms with E-state index in [0.717, 1.165) is 22.8 Å². The molecule has 0 saturated carbocycles. The van der Waals surface area contributed by atoms with Crippen molar-refractivity contribution >= 4 is 34.2 Å². The monoisotopic (exact) mass is 458 g/mol. The molecular weight excluding hydrogens is 428 g/mol. The minimum atomic E-state index is -0.797. The van der Waals surface area contributed by atoms with Gasteiger partial charge in [-0.3, -0.25) is 14.4 Å². The van der Waals surface area contributed by atoms with Crippen LogP contribution in [-0.2, 0) is 20.8 Å². The van der Waals surface area contributed by atoms with Crippen LogP contribution < -0.4 is 16.4 Å². The zero-order chi connectivity index (χ0) is 24.1. The molecule has 4 rings (SSSR count). The normalized spacial score (nSPS) is 17.2. The lowest BCUT2D eigenvalue weighted by Gasteiger charge is -2.27. The van der Waals surface area contributed by atoms with Crippen LogP contribution in [0.3, 0.4) is 0 Å². The molecule has 7 nitrogen and oxygen atoms in total. The van der Waals surface area contributed by atoms with Gasteiger partial charge < -0.3 is 21.3 Å². The molecule has 0 spiro atoms. The number of benzene rings is 3. The van der Waals surface area contributed by atoms with Gasteiger partial charge in [-0.2, -0.15) is 0 Å². The fourth-order valence-corrected chi connectivity index (χ4v) is 4.39. The molecule has 3 atom stereocenters. The lowest BCUT2D eigenvalue weighted by molar-refractivity contribution is -0.139. The molecule has 0 aromatic heterocycles. The molecule has 7 heteroatoms. The summed E-state index contributed by atoms with van der Waals surface area (Å²) in [5.41, 5.74) is 7.35. The average molecular weight is 459 g/mol. The van der Waals surface area contributed by atoms with Crippen LogP contribution in [0.4, 0.5) is 5.69 Å². The Morgan fingerprint density at radius 3 is 2.44 bits per heavy atom. The fraction of sp³-hybridized carbons (Fsp3) is 0.296. The molecule has 0 radical (unpaired) electrons. The van der Waals surface area contributed by atoms with E-state index in [9.17, 15) is 14.4 Å². The first-order chi connectivity index (χ1) is 16.4. The number of hydrogen-bond donors (Lipinski definition) is 3. The Hall–Kier alpha value is -3.71. The molecule has 0 unspecified atom stereocenters. The van der Waals surface area contributed by atoms with E-state index in [-0.39, 0.29) is 17.7 Å². The summed E-state index contributed by atoms with van der Waals surface area (Å²) in [6.45, 7) is 2.11. The number of anilines is 1. The van der Waals surface area contributed by atoms with E-state index in [1.54, 1.807) is 6.92 Å². The molecule has 1 aliphatic rings. The highest BCUT2D eigenvalue weighted by molar-refractivity contribution is 6.00. The Bertz CT molecular complexity index is 1180. The van der Waals surface area contributed by atoms with Crippen molar-refractivity contribution < 1.29 is 14.4 Å². The largest absolute Gasteiger partial charge is 0.342 e. The molecule has 3 aromatic rings. The molecule has 0 aliphatic carbocycles. The number of nitrogens with one attached hydrogen (secondary N) is 2. The highest BCUT2D eigenvalue weighted by atomic mass is 16.2. The van der Waals surface area contributed by atoms with Crippen molar-refractivity contribution in [1.82, 2.24) is 10.2 Å². The first-order valence-electron chi connectivity index (χ1n) is 11.6. The van der Waals surface area contributed by atoms with Gasteiger partial charge in [0.1, 0.15) is 12.1 Å². The summed E-state index contributed by atoms with van der Waals surface area (Å²) in [7, 11) is 0. The van der Waals surface area contributed by atoms with Gasteiger partial charge in [-0.1, -0.05) is 60.7 Å². The third-order valence-corrected chi connectivity index (χ3v) is 6.16. The maximum absolute atomic E-state index is 13.3. The Labute approximate surface area is 199 Å². The topological polar surface area (TPSA) is 105 Å². The summed E-state index contributed by atoms with van der Waals surface area (Å²) in [4.78, 5) is 40.5. The summed E-state index contributed by atoms with van der Waals surface area (Å²) >= 11 is 0. The standard InChI is InChI=1S/C27H30N4O3/c1-18(28)27(34)31-15-7-12-24(31)26(33)30-23(16-19-8-3-2-4-9-19)25(32)29-22-14-13-20-10-5-6-11-21(20)17-22/h2-6,8-11,13-14,17-18,23-24H,7,12,15-16,28H2,1H3,(H,29,32)(H,30,33)/t18-,23-,24-/m0/s1. The summed E-state index contributed by atoms with van der Waals surface area (Å²) in [6, 6.07) is 21.1. The molecule has 176 valence electrons. The van der Waals surface area contributed by atoms with Gasteiger partial charge in [0.25, 0.3) is 0 Å². The number of nitrogens with zero attached hydrogens (tertiary/aromatic N) is 1. The molecule has 4 N–H and O–H groups in total. The number of amides is 3. The van der Waals surface area contributed by atoms with Gasteiger partial charge in [0.2, 0.25) is 17.7 Å². The maximum Gasteiger partial charge on any atom is 0.247 e. The van der Waals surface area contributed by atoms with Gasteiger partial charge in [-0.05, 0) is 48.2 Å². The Morgan fingerprint density at radius 1 is 1.00 bits per heavy atom. The van der Waals surface area contributed by atoms with Gasteiger partial charge in [0, 0.05) is 18.7 Å². The van der Waals surface area contributed by atoms with E-state index in [0.29, 0.717) is 25.1 Å². The molecule has 1 heterocycles. The van der Waals surface area contributed by atoms with Gasteiger partial charge in [-0.25, -0.2) is 0 Å². The molecule has 1 fully saturated rings. The second-order valence-electron chi connectivity index (χ2n) is 8.78. The molecule has 3 amide bonds. The van der Waals surface area contributed by atoms with Crippen LogP contribution in [0.2, 0.25) is 0 Å². The van der Waals surface area contributed by atoms with Crippen LogP contribution in [0, 0.1) is 0 Å². The molecule has 1 saturated heterocycles. The van der Waals surface area contributed by atoms with Crippen LogP contribution in [0.25, 0.3) is 10.8 Å². The van der Waals surface area contributed by atoms with Crippen LogP contribution >= 0.6 is 0 Å². The maximum atomic E-state index is 13.3.